The van der Waals surface area contributed by atoms with Crippen molar-refractivity contribution < 1.29 is 9.32 Å². The molecule has 1 heterocycles. The number of nitrogens with zero attached hydrogens (tertiary/aromatic N) is 1. The number of aromatic nitrogens is 1. The minimum Gasteiger partial charge on any atom is -0.361 e. The van der Waals surface area contributed by atoms with Crippen molar-refractivity contribution in [2.75, 3.05) is 0 Å². The van der Waals surface area contributed by atoms with Gasteiger partial charge in [0.2, 0.25) is 0 Å². The van der Waals surface area contributed by atoms with Gasteiger partial charge in [0, 0.05) is 24.3 Å². The Balaban J connectivity index is 2.69. The van der Waals surface area contributed by atoms with E-state index in [2.05, 4.69) is 25.9 Å². The Morgan fingerprint density at radius 1 is 1.54 bits per heavy atom. The summed E-state index contributed by atoms with van der Waals surface area (Å²) in [7, 11) is 0. The second-order valence-electron chi connectivity index (χ2n) is 4.13. The lowest BCUT2D eigenvalue weighted by Gasteiger charge is -2.12. The summed E-state index contributed by atoms with van der Waals surface area (Å²) in [5, 5.41) is 3.95. The van der Waals surface area contributed by atoms with Crippen molar-refractivity contribution in [1.82, 2.24) is 5.16 Å². The van der Waals surface area contributed by atoms with Crippen molar-refractivity contribution in [3.63, 3.8) is 0 Å². The molecule has 13 heavy (non-hydrogen) atoms. The first-order valence-corrected chi connectivity index (χ1v) is 4.44. The van der Waals surface area contributed by atoms with Crippen LogP contribution in [-0.4, -0.2) is 11.4 Å². The average Bonchev–Trinajstić information content (AvgIpc) is 2.47. The van der Waals surface area contributed by atoms with Gasteiger partial charge in [0.1, 0.15) is 12.0 Å². The lowest BCUT2D eigenvalue weighted by molar-refractivity contribution is -0.107. The quantitative estimate of drug-likeness (QED) is 0.671. The monoisotopic (exact) mass is 181 g/mol. The van der Waals surface area contributed by atoms with E-state index in [1.54, 1.807) is 0 Å². The number of carbonyl (C=O) groups excluding carboxylic acids is 1. The number of aldehydes is 1. The van der Waals surface area contributed by atoms with Crippen molar-refractivity contribution in [1.29, 1.82) is 0 Å². The molecule has 0 aromatic carbocycles. The van der Waals surface area contributed by atoms with Crippen LogP contribution >= 0.6 is 0 Å². The summed E-state index contributed by atoms with van der Waals surface area (Å²) in [6, 6.07) is 1.92. The Morgan fingerprint density at radius 2 is 2.23 bits per heavy atom. The zero-order chi connectivity index (χ0) is 9.90. The Bertz CT molecular complexity index is 283. The van der Waals surface area contributed by atoms with Gasteiger partial charge in [-0.25, -0.2) is 0 Å². The van der Waals surface area contributed by atoms with Crippen LogP contribution in [0.4, 0.5) is 0 Å². The Hall–Kier alpha value is -1.12. The molecule has 0 unspecified atom stereocenters. The van der Waals surface area contributed by atoms with Crippen LogP contribution in [0.2, 0.25) is 0 Å². The van der Waals surface area contributed by atoms with Crippen LogP contribution in [-0.2, 0) is 16.6 Å². The molecule has 1 aromatic rings. The third-order valence-electron chi connectivity index (χ3n) is 1.84. The van der Waals surface area contributed by atoms with Crippen LogP contribution in [0.5, 0.6) is 0 Å². The first-order chi connectivity index (χ1) is 6.04. The summed E-state index contributed by atoms with van der Waals surface area (Å²) in [5.74, 6) is 0.789. The molecule has 0 spiro atoms. The van der Waals surface area contributed by atoms with E-state index >= 15 is 0 Å². The standard InChI is InChI=1S/C10H15NO2/c1-10(2,3)9-7-8(13-11-9)5-4-6-12/h6-7H,4-5H2,1-3H3. The highest BCUT2D eigenvalue weighted by Gasteiger charge is 2.18. The van der Waals surface area contributed by atoms with Crippen LogP contribution in [0.1, 0.15) is 38.6 Å². The van der Waals surface area contributed by atoms with Gasteiger partial charge < -0.3 is 9.32 Å². The number of hydrogen-bond donors (Lipinski definition) is 0. The molecule has 1 rings (SSSR count). The molecular formula is C10H15NO2. The molecule has 0 saturated carbocycles. The Kier molecular flexibility index (Phi) is 2.86. The van der Waals surface area contributed by atoms with Crippen LogP contribution in [0.25, 0.3) is 0 Å². The largest absolute Gasteiger partial charge is 0.361 e. The Morgan fingerprint density at radius 3 is 2.69 bits per heavy atom. The van der Waals surface area contributed by atoms with Crippen molar-refractivity contribution in [3.8, 4) is 0 Å². The fraction of sp³-hybridized carbons (Fsp3) is 0.600. The maximum atomic E-state index is 10.1. The van der Waals surface area contributed by atoms with E-state index in [-0.39, 0.29) is 5.41 Å². The lowest BCUT2D eigenvalue weighted by atomic mass is 9.92. The predicted molar refractivity (Wildman–Crippen MR) is 49.6 cm³/mol. The molecule has 3 nitrogen and oxygen atoms in total. The summed E-state index contributed by atoms with van der Waals surface area (Å²) < 4.78 is 5.08. The molecule has 1 aromatic heterocycles. The smallest absolute Gasteiger partial charge is 0.137 e. The zero-order valence-corrected chi connectivity index (χ0v) is 8.33. The summed E-state index contributed by atoms with van der Waals surface area (Å²) in [6.07, 6.45) is 2.03. The topological polar surface area (TPSA) is 43.1 Å². The highest BCUT2D eigenvalue weighted by Crippen LogP contribution is 2.21. The maximum absolute atomic E-state index is 10.1. The fourth-order valence-corrected chi connectivity index (χ4v) is 0.985. The maximum Gasteiger partial charge on any atom is 0.137 e. The first kappa shape index (κ1) is 9.96. The van der Waals surface area contributed by atoms with Crippen LogP contribution in [0.15, 0.2) is 10.6 Å². The minimum atomic E-state index is 0.0168. The van der Waals surface area contributed by atoms with Crippen molar-refractivity contribution in [3.05, 3.63) is 17.5 Å². The van der Waals surface area contributed by atoms with Crippen LogP contribution in [0, 0.1) is 0 Å². The molecule has 0 amide bonds. The highest BCUT2D eigenvalue weighted by atomic mass is 16.5. The van der Waals surface area contributed by atoms with E-state index in [1.165, 1.54) is 0 Å². The zero-order valence-electron chi connectivity index (χ0n) is 8.33. The predicted octanol–water partition coefficient (Wildman–Crippen LogP) is 2.10. The van der Waals surface area contributed by atoms with Crippen LogP contribution < -0.4 is 0 Å². The van der Waals surface area contributed by atoms with Crippen molar-refractivity contribution in [2.45, 2.75) is 39.0 Å². The number of hydrogen-bond acceptors (Lipinski definition) is 3. The van der Waals surface area contributed by atoms with Gasteiger partial charge in [-0.2, -0.15) is 0 Å². The number of rotatable bonds is 3. The van der Waals surface area contributed by atoms with Gasteiger partial charge >= 0.3 is 0 Å². The van der Waals surface area contributed by atoms with Gasteiger partial charge in [-0.3, -0.25) is 0 Å². The number of carbonyl (C=O) groups is 1. The molecule has 0 N–H and O–H groups in total. The molecule has 0 radical (unpaired) electrons. The molecule has 72 valence electrons. The van der Waals surface area contributed by atoms with E-state index in [4.69, 9.17) is 4.52 Å². The van der Waals surface area contributed by atoms with E-state index in [0.29, 0.717) is 12.8 Å². The van der Waals surface area contributed by atoms with E-state index in [0.717, 1.165) is 17.7 Å². The second-order valence-corrected chi connectivity index (χ2v) is 4.13. The fourth-order valence-electron chi connectivity index (χ4n) is 0.985. The molecule has 0 bridgehead atoms. The lowest BCUT2D eigenvalue weighted by Crippen LogP contribution is -2.10. The normalized spacial score (nSPS) is 11.6. The highest BCUT2D eigenvalue weighted by molar-refractivity contribution is 5.49. The molecule has 0 fully saturated rings. The van der Waals surface area contributed by atoms with E-state index in [1.807, 2.05) is 6.07 Å². The third kappa shape index (κ3) is 2.68. The SMILES string of the molecule is CC(C)(C)c1cc(CCC=O)on1. The summed E-state index contributed by atoms with van der Waals surface area (Å²) in [4.78, 5) is 10.1. The number of aryl methyl sites for hydroxylation is 1. The first-order valence-electron chi connectivity index (χ1n) is 4.44. The van der Waals surface area contributed by atoms with Crippen molar-refractivity contribution in [2.24, 2.45) is 0 Å². The summed E-state index contributed by atoms with van der Waals surface area (Å²) in [6.45, 7) is 6.23. The van der Waals surface area contributed by atoms with Gasteiger partial charge in [-0.05, 0) is 0 Å². The van der Waals surface area contributed by atoms with Gasteiger partial charge in [0.15, 0.2) is 0 Å². The molecule has 0 aliphatic carbocycles. The molecule has 0 aliphatic heterocycles. The van der Waals surface area contributed by atoms with Crippen LogP contribution in [0.3, 0.4) is 0 Å². The molecule has 0 aliphatic rings. The van der Waals surface area contributed by atoms with E-state index in [9.17, 15) is 4.79 Å². The second kappa shape index (κ2) is 3.73. The van der Waals surface area contributed by atoms with Gasteiger partial charge in [0.25, 0.3) is 0 Å². The Labute approximate surface area is 78.1 Å². The van der Waals surface area contributed by atoms with E-state index < -0.39 is 0 Å². The van der Waals surface area contributed by atoms with Gasteiger partial charge in [0.05, 0.1) is 5.69 Å². The van der Waals surface area contributed by atoms with Crippen molar-refractivity contribution >= 4 is 6.29 Å². The van der Waals surface area contributed by atoms with Gasteiger partial charge in [-0.1, -0.05) is 25.9 Å². The molecular weight excluding hydrogens is 166 g/mol. The molecule has 3 heteroatoms. The van der Waals surface area contributed by atoms with Gasteiger partial charge in [-0.15, -0.1) is 0 Å². The molecule has 0 saturated heterocycles. The molecule has 0 atom stereocenters. The average molecular weight is 181 g/mol. The third-order valence-corrected chi connectivity index (χ3v) is 1.84. The summed E-state index contributed by atoms with van der Waals surface area (Å²) >= 11 is 0. The summed E-state index contributed by atoms with van der Waals surface area (Å²) in [5.41, 5.74) is 0.955. The minimum absolute atomic E-state index is 0.0168.